The van der Waals surface area contributed by atoms with E-state index in [0.29, 0.717) is 12.1 Å². The van der Waals surface area contributed by atoms with Crippen LogP contribution < -0.4 is 5.32 Å². The van der Waals surface area contributed by atoms with Crippen LogP contribution in [0.1, 0.15) is 20.3 Å². The van der Waals surface area contributed by atoms with Crippen molar-refractivity contribution in [2.75, 3.05) is 14.1 Å². The monoisotopic (exact) mass is 407 g/mol. The standard InChI is InChI=1S/C25H30FN3O/c1-6-10-23(29(5)19-30)14-9-12-21-11-8-13-22(16-15-21)25(28-17-7-2)24(26)18-20(3)27-4/h6-12,14-19,27H,2,13H2,1,3-5H3/b10-6-,12-9+,20-18+,23-14+,25-24+,28-17?. The summed E-state index contributed by atoms with van der Waals surface area (Å²) in [5.41, 5.74) is 3.46. The molecule has 1 amide bonds. The highest BCUT2D eigenvalue weighted by Gasteiger charge is 2.10. The molecule has 0 fully saturated rings. The maximum Gasteiger partial charge on any atom is 0.213 e. The Balaban J connectivity index is 3.24. The highest BCUT2D eigenvalue weighted by atomic mass is 19.1. The van der Waals surface area contributed by atoms with E-state index in [4.69, 9.17) is 0 Å². The lowest BCUT2D eigenvalue weighted by Crippen LogP contribution is -2.13. The van der Waals surface area contributed by atoms with Crippen LogP contribution in [0.5, 0.6) is 0 Å². The zero-order chi connectivity index (χ0) is 22.4. The number of likely N-dealkylation sites (N-methyl/N-ethyl adjacent to an activating group) is 1. The average Bonchev–Trinajstić information content (AvgIpc) is 2.98. The van der Waals surface area contributed by atoms with Crippen LogP contribution in [-0.2, 0) is 4.79 Å². The lowest BCUT2D eigenvalue weighted by Gasteiger charge is -2.10. The van der Waals surface area contributed by atoms with E-state index in [2.05, 4.69) is 16.9 Å². The van der Waals surface area contributed by atoms with Crippen molar-refractivity contribution in [2.45, 2.75) is 20.3 Å². The second-order valence-electron chi connectivity index (χ2n) is 6.42. The van der Waals surface area contributed by atoms with Gasteiger partial charge in [0.05, 0.1) is 0 Å². The van der Waals surface area contributed by atoms with Gasteiger partial charge in [-0.15, -0.1) is 0 Å². The summed E-state index contributed by atoms with van der Waals surface area (Å²) in [6.45, 7) is 7.29. The molecule has 0 aromatic rings. The first-order chi connectivity index (χ1) is 14.5. The van der Waals surface area contributed by atoms with Gasteiger partial charge in [-0.3, -0.25) is 9.79 Å². The van der Waals surface area contributed by atoms with E-state index in [1.165, 1.54) is 23.3 Å². The minimum absolute atomic E-state index is 0.276. The van der Waals surface area contributed by atoms with Crippen molar-refractivity contribution >= 4 is 12.6 Å². The normalized spacial score (nSPS) is 16.4. The summed E-state index contributed by atoms with van der Waals surface area (Å²) >= 11 is 0. The van der Waals surface area contributed by atoms with E-state index < -0.39 is 5.83 Å². The number of halogens is 1. The molecule has 0 unspecified atom stereocenters. The second-order valence-corrected chi connectivity index (χ2v) is 6.42. The zero-order valence-corrected chi connectivity index (χ0v) is 18.1. The predicted molar refractivity (Wildman–Crippen MR) is 125 cm³/mol. The summed E-state index contributed by atoms with van der Waals surface area (Å²) in [6.07, 6.45) is 22.8. The topological polar surface area (TPSA) is 44.7 Å². The van der Waals surface area contributed by atoms with Gasteiger partial charge in [0.25, 0.3) is 0 Å². The van der Waals surface area contributed by atoms with E-state index in [1.54, 1.807) is 21.0 Å². The number of hydrogen-bond acceptors (Lipinski definition) is 3. The fraction of sp³-hybridized carbons (Fsp3) is 0.200. The molecule has 1 N–H and O–H groups in total. The first kappa shape index (κ1) is 24.6. The van der Waals surface area contributed by atoms with Gasteiger partial charge < -0.3 is 10.2 Å². The quantitative estimate of drug-likeness (QED) is 0.297. The van der Waals surface area contributed by atoms with Crippen LogP contribution in [0.4, 0.5) is 4.39 Å². The van der Waals surface area contributed by atoms with E-state index in [9.17, 15) is 9.18 Å². The number of nitrogens with zero attached hydrogens (tertiary/aromatic N) is 2. The Morgan fingerprint density at radius 3 is 2.77 bits per heavy atom. The van der Waals surface area contributed by atoms with Crippen LogP contribution in [0.2, 0.25) is 0 Å². The number of carbonyl (C=O) groups is 1. The fourth-order valence-electron chi connectivity index (χ4n) is 2.47. The average molecular weight is 408 g/mol. The molecule has 0 saturated carbocycles. The van der Waals surface area contributed by atoms with Crippen molar-refractivity contribution in [3.63, 3.8) is 0 Å². The van der Waals surface area contributed by atoms with Gasteiger partial charge in [0.1, 0.15) is 5.70 Å². The molecule has 0 radical (unpaired) electrons. The number of amides is 1. The maximum atomic E-state index is 14.8. The molecule has 0 spiro atoms. The number of aliphatic imine (C=N–C) groups is 1. The second kappa shape index (κ2) is 13.7. The SMILES string of the molecule is C=CC=N/C(C1=CC=C(/C=C/C=C(\C=C/C)N(C)C=O)C=CC1)=C(F)\C=C(/C)NC. The predicted octanol–water partition coefficient (Wildman–Crippen LogP) is 5.46. The van der Waals surface area contributed by atoms with Gasteiger partial charge in [-0.1, -0.05) is 55.2 Å². The molecule has 30 heavy (non-hydrogen) atoms. The molecular formula is C25H30FN3O. The molecular weight excluding hydrogens is 377 g/mol. The van der Waals surface area contributed by atoms with Crippen LogP contribution in [0, 0.1) is 0 Å². The van der Waals surface area contributed by atoms with E-state index in [1.807, 2.05) is 61.6 Å². The molecule has 0 aromatic heterocycles. The van der Waals surface area contributed by atoms with Crippen molar-refractivity contribution in [3.05, 3.63) is 107 Å². The Bertz CT molecular complexity index is 893. The van der Waals surface area contributed by atoms with Gasteiger partial charge >= 0.3 is 0 Å². The Labute approximate surface area is 179 Å². The van der Waals surface area contributed by atoms with Gasteiger partial charge in [-0.2, -0.15) is 0 Å². The van der Waals surface area contributed by atoms with Crippen LogP contribution >= 0.6 is 0 Å². The third-order valence-corrected chi connectivity index (χ3v) is 4.16. The molecule has 1 aliphatic rings. The smallest absolute Gasteiger partial charge is 0.213 e. The van der Waals surface area contributed by atoms with Gasteiger partial charge in [-0.25, -0.2) is 4.39 Å². The van der Waals surface area contributed by atoms with E-state index in [0.717, 1.165) is 23.3 Å². The number of nitrogens with one attached hydrogen (secondary N) is 1. The Hall–Kier alpha value is -3.47. The van der Waals surface area contributed by atoms with Crippen LogP contribution in [-0.4, -0.2) is 31.6 Å². The molecule has 5 heteroatoms. The van der Waals surface area contributed by atoms with Crippen LogP contribution in [0.25, 0.3) is 0 Å². The third-order valence-electron chi connectivity index (χ3n) is 4.16. The van der Waals surface area contributed by atoms with Crippen LogP contribution in [0.3, 0.4) is 0 Å². The van der Waals surface area contributed by atoms with E-state index >= 15 is 0 Å². The van der Waals surface area contributed by atoms with E-state index in [-0.39, 0.29) is 5.70 Å². The van der Waals surface area contributed by atoms with Crippen molar-refractivity contribution < 1.29 is 9.18 Å². The fourth-order valence-corrected chi connectivity index (χ4v) is 2.47. The molecule has 4 nitrogen and oxygen atoms in total. The number of rotatable bonds is 10. The van der Waals surface area contributed by atoms with Crippen molar-refractivity contribution in [1.82, 2.24) is 10.2 Å². The Morgan fingerprint density at radius 1 is 1.37 bits per heavy atom. The molecule has 0 bridgehead atoms. The number of allylic oxidation sites excluding steroid dienone is 15. The summed E-state index contributed by atoms with van der Waals surface area (Å²) in [5, 5.41) is 2.91. The number of hydrogen-bond donors (Lipinski definition) is 1. The third kappa shape index (κ3) is 8.27. The lowest BCUT2D eigenvalue weighted by molar-refractivity contribution is -0.115. The molecule has 158 valence electrons. The Kier molecular flexibility index (Phi) is 11.2. The molecule has 0 heterocycles. The molecule has 0 aliphatic heterocycles. The Morgan fingerprint density at radius 2 is 2.13 bits per heavy atom. The lowest BCUT2D eigenvalue weighted by atomic mass is 10.1. The van der Waals surface area contributed by atoms with Gasteiger partial charge in [-0.05, 0) is 49.6 Å². The molecule has 1 rings (SSSR count). The van der Waals surface area contributed by atoms with Crippen LogP contribution in [0.15, 0.2) is 112 Å². The minimum atomic E-state index is -0.414. The summed E-state index contributed by atoms with van der Waals surface area (Å²) in [6, 6.07) is 0. The molecule has 0 atom stereocenters. The van der Waals surface area contributed by atoms with Gasteiger partial charge in [0, 0.05) is 31.7 Å². The molecule has 1 aliphatic carbocycles. The molecule has 0 aromatic carbocycles. The maximum absolute atomic E-state index is 14.8. The first-order valence-electron chi connectivity index (χ1n) is 9.64. The summed E-state index contributed by atoms with van der Waals surface area (Å²) in [4.78, 5) is 16.7. The largest absolute Gasteiger partial charge is 0.392 e. The highest BCUT2D eigenvalue weighted by molar-refractivity contribution is 5.72. The zero-order valence-electron chi connectivity index (χ0n) is 18.1. The number of carbonyl (C=O) groups excluding carboxylic acids is 1. The van der Waals surface area contributed by atoms with Crippen molar-refractivity contribution in [2.24, 2.45) is 4.99 Å². The van der Waals surface area contributed by atoms with Gasteiger partial charge in [0.15, 0.2) is 5.83 Å². The molecule has 0 saturated heterocycles. The van der Waals surface area contributed by atoms with Crippen molar-refractivity contribution in [1.29, 1.82) is 0 Å². The van der Waals surface area contributed by atoms with Crippen molar-refractivity contribution in [3.8, 4) is 0 Å². The minimum Gasteiger partial charge on any atom is -0.392 e. The summed E-state index contributed by atoms with van der Waals surface area (Å²) in [5.74, 6) is -0.414. The summed E-state index contributed by atoms with van der Waals surface area (Å²) in [7, 11) is 3.44. The van der Waals surface area contributed by atoms with Gasteiger partial charge in [0.2, 0.25) is 6.41 Å². The summed E-state index contributed by atoms with van der Waals surface area (Å²) < 4.78 is 14.8. The first-order valence-corrected chi connectivity index (χ1v) is 9.64. The highest BCUT2D eigenvalue weighted by Crippen LogP contribution is 2.25.